The Balaban J connectivity index is 4.48. The molecule has 0 aliphatic rings. The minimum absolute atomic E-state index is 0.0445. The van der Waals surface area contributed by atoms with E-state index >= 15 is 0 Å². The van der Waals surface area contributed by atoms with E-state index in [0.29, 0.717) is 0 Å². The lowest BCUT2D eigenvalue weighted by Gasteiger charge is -1.99. The lowest BCUT2D eigenvalue weighted by molar-refractivity contribution is -0.129. The fourth-order valence-electron chi connectivity index (χ4n) is 0.371. The molecule has 0 N–H and O–H groups in total. The predicted octanol–water partition coefficient (Wildman–Crippen LogP) is 0.969. The molecular weight excluding hydrogens is 180 g/mol. The number of carbonyl (C=O) groups is 1. The zero-order valence-electron chi connectivity index (χ0n) is 6.90. The third-order valence-electron chi connectivity index (χ3n) is 0.843. The minimum atomic E-state index is -3.87. The topological polar surface area (TPSA) is 60.4 Å². The van der Waals surface area contributed by atoms with Crippen molar-refractivity contribution in [2.24, 2.45) is 0 Å². The molecule has 0 amide bonds. The number of allylic oxidation sites excluding steroid dienone is 1. The molecule has 0 rings (SSSR count). The maximum atomic E-state index is 10.8. The second-order valence-electron chi connectivity index (χ2n) is 2.11. The van der Waals surface area contributed by atoms with Gasteiger partial charge in [-0.25, -0.2) is 4.79 Å². The predicted molar refractivity (Wildman–Crippen MR) is 44.6 cm³/mol. The molecule has 0 aliphatic heterocycles. The van der Waals surface area contributed by atoms with Crippen molar-refractivity contribution in [2.45, 2.75) is 13.8 Å². The molecule has 0 saturated carbocycles. The van der Waals surface area contributed by atoms with Crippen molar-refractivity contribution in [3.8, 4) is 0 Å². The van der Waals surface area contributed by atoms with Crippen molar-refractivity contribution in [1.29, 1.82) is 0 Å². The van der Waals surface area contributed by atoms with Crippen LogP contribution in [-0.4, -0.2) is 14.4 Å². The standard InChI is InChI=1S/C7H10O4S/c1-4-5-12(9,10)11-7(8)6(2)3/h4-5H,2H2,1,3H3. The summed E-state index contributed by atoms with van der Waals surface area (Å²) in [6.07, 6.45) is 1.26. The first-order chi connectivity index (χ1) is 5.39. The Morgan fingerprint density at radius 2 is 2.00 bits per heavy atom. The molecule has 12 heavy (non-hydrogen) atoms. The highest BCUT2D eigenvalue weighted by atomic mass is 32.2. The quantitative estimate of drug-likeness (QED) is 0.491. The van der Waals surface area contributed by atoms with Crippen molar-refractivity contribution in [3.05, 3.63) is 23.6 Å². The molecule has 0 saturated heterocycles. The highest BCUT2D eigenvalue weighted by molar-refractivity contribution is 7.90. The maximum absolute atomic E-state index is 10.8. The molecule has 5 heteroatoms. The zero-order chi connectivity index (χ0) is 9.78. The Hall–Kier alpha value is -1.10. The van der Waals surface area contributed by atoms with E-state index < -0.39 is 16.1 Å². The molecule has 0 radical (unpaired) electrons. The van der Waals surface area contributed by atoms with Gasteiger partial charge in [0.15, 0.2) is 0 Å². The maximum Gasteiger partial charge on any atom is 0.349 e. The average molecular weight is 190 g/mol. The Morgan fingerprint density at radius 1 is 1.50 bits per heavy atom. The summed E-state index contributed by atoms with van der Waals surface area (Å²) in [5, 5.41) is 0.799. The normalized spacial score (nSPS) is 11.5. The summed E-state index contributed by atoms with van der Waals surface area (Å²) in [6.45, 7) is 6.11. The summed E-state index contributed by atoms with van der Waals surface area (Å²) in [5.74, 6) is -0.937. The van der Waals surface area contributed by atoms with Crippen LogP contribution in [0.15, 0.2) is 23.6 Å². The second-order valence-corrected chi connectivity index (χ2v) is 3.54. The van der Waals surface area contributed by atoms with Crippen molar-refractivity contribution in [1.82, 2.24) is 0 Å². The minimum Gasteiger partial charge on any atom is -0.338 e. The van der Waals surface area contributed by atoms with E-state index in [-0.39, 0.29) is 5.57 Å². The number of rotatable bonds is 3. The van der Waals surface area contributed by atoms with E-state index in [4.69, 9.17) is 0 Å². The van der Waals surface area contributed by atoms with E-state index in [1.54, 1.807) is 0 Å². The second kappa shape index (κ2) is 4.06. The lowest BCUT2D eigenvalue weighted by Crippen LogP contribution is -2.10. The van der Waals surface area contributed by atoms with Crippen LogP contribution in [0.2, 0.25) is 0 Å². The molecule has 0 aliphatic carbocycles. The van der Waals surface area contributed by atoms with Crippen LogP contribution in [0.5, 0.6) is 0 Å². The van der Waals surface area contributed by atoms with Gasteiger partial charge in [-0.2, -0.15) is 8.42 Å². The third-order valence-corrected chi connectivity index (χ3v) is 1.83. The molecular formula is C7H10O4S. The summed E-state index contributed by atoms with van der Waals surface area (Å²) in [6, 6.07) is 0. The molecule has 0 spiro atoms. The van der Waals surface area contributed by atoms with Crippen molar-refractivity contribution in [3.63, 3.8) is 0 Å². The Morgan fingerprint density at radius 3 is 2.33 bits per heavy atom. The highest BCUT2D eigenvalue weighted by Gasteiger charge is 2.13. The smallest absolute Gasteiger partial charge is 0.338 e. The molecule has 0 aromatic rings. The summed E-state index contributed by atoms with van der Waals surface area (Å²) in [7, 11) is -3.87. The largest absolute Gasteiger partial charge is 0.349 e. The molecule has 0 unspecified atom stereocenters. The first-order valence-corrected chi connectivity index (χ1v) is 4.63. The van der Waals surface area contributed by atoms with Crippen LogP contribution in [0.25, 0.3) is 0 Å². The molecule has 0 heterocycles. The Bertz CT molecular complexity index is 310. The Labute approximate surface area is 71.7 Å². The van der Waals surface area contributed by atoms with Crippen molar-refractivity contribution >= 4 is 16.1 Å². The van der Waals surface area contributed by atoms with Gasteiger partial charge in [0.1, 0.15) is 0 Å². The fourth-order valence-corrected chi connectivity index (χ4v) is 1.11. The van der Waals surface area contributed by atoms with Gasteiger partial charge in [0.05, 0.1) is 5.41 Å². The highest BCUT2D eigenvalue weighted by Crippen LogP contribution is 2.00. The van der Waals surface area contributed by atoms with Gasteiger partial charge in [-0.3, -0.25) is 0 Å². The van der Waals surface area contributed by atoms with Crippen LogP contribution in [0.4, 0.5) is 0 Å². The van der Waals surface area contributed by atoms with Gasteiger partial charge >= 0.3 is 16.1 Å². The summed E-state index contributed by atoms with van der Waals surface area (Å²) in [4.78, 5) is 10.7. The molecule has 0 fully saturated rings. The first-order valence-electron chi connectivity index (χ1n) is 3.16. The van der Waals surface area contributed by atoms with Gasteiger partial charge in [0.2, 0.25) is 0 Å². The lowest BCUT2D eigenvalue weighted by atomic mass is 10.4. The van der Waals surface area contributed by atoms with Crippen molar-refractivity contribution < 1.29 is 17.4 Å². The summed E-state index contributed by atoms with van der Waals surface area (Å²) in [5.41, 5.74) is 0.0445. The summed E-state index contributed by atoms with van der Waals surface area (Å²) < 4.78 is 25.6. The van der Waals surface area contributed by atoms with E-state index in [9.17, 15) is 13.2 Å². The van der Waals surface area contributed by atoms with E-state index in [1.807, 2.05) is 0 Å². The van der Waals surface area contributed by atoms with Crippen LogP contribution in [0.3, 0.4) is 0 Å². The van der Waals surface area contributed by atoms with Crippen LogP contribution in [0, 0.1) is 0 Å². The monoisotopic (exact) mass is 190 g/mol. The van der Waals surface area contributed by atoms with E-state index in [0.717, 1.165) is 5.41 Å². The summed E-state index contributed by atoms with van der Waals surface area (Å²) >= 11 is 0. The molecule has 68 valence electrons. The van der Waals surface area contributed by atoms with Crippen molar-refractivity contribution in [2.75, 3.05) is 0 Å². The average Bonchev–Trinajstić information content (AvgIpc) is 1.85. The van der Waals surface area contributed by atoms with Gasteiger partial charge in [-0.1, -0.05) is 12.7 Å². The van der Waals surface area contributed by atoms with Gasteiger partial charge < -0.3 is 4.18 Å². The SMILES string of the molecule is C=C(C)C(=O)OS(=O)(=O)C=CC. The van der Waals surface area contributed by atoms with E-state index in [1.165, 1.54) is 19.9 Å². The van der Waals surface area contributed by atoms with Gasteiger partial charge in [-0.05, 0) is 13.8 Å². The zero-order valence-corrected chi connectivity index (χ0v) is 7.72. The van der Waals surface area contributed by atoms with Crippen LogP contribution in [-0.2, 0) is 19.1 Å². The molecule has 0 aromatic heterocycles. The van der Waals surface area contributed by atoms with E-state index in [2.05, 4.69) is 10.8 Å². The Kier molecular flexibility index (Phi) is 3.69. The number of hydrogen-bond acceptors (Lipinski definition) is 4. The van der Waals surface area contributed by atoms with Gasteiger partial charge in [0, 0.05) is 5.57 Å². The van der Waals surface area contributed by atoms with Gasteiger partial charge in [-0.15, -0.1) is 0 Å². The number of hydrogen-bond donors (Lipinski definition) is 0. The van der Waals surface area contributed by atoms with Crippen LogP contribution < -0.4 is 0 Å². The van der Waals surface area contributed by atoms with Crippen LogP contribution >= 0.6 is 0 Å². The van der Waals surface area contributed by atoms with Crippen LogP contribution in [0.1, 0.15) is 13.8 Å². The van der Waals surface area contributed by atoms with Gasteiger partial charge in [0.25, 0.3) is 0 Å². The molecule has 4 nitrogen and oxygen atoms in total. The fraction of sp³-hybridized carbons (Fsp3) is 0.286. The first kappa shape index (κ1) is 10.9. The molecule has 0 atom stereocenters. The molecule has 0 bridgehead atoms. The molecule has 0 aromatic carbocycles. The number of carbonyl (C=O) groups excluding carboxylic acids is 1. The third kappa shape index (κ3) is 3.92.